The van der Waals surface area contributed by atoms with E-state index in [4.69, 9.17) is 0 Å². The molecule has 1 aliphatic rings. The Balaban J connectivity index is 1.62. The predicted molar refractivity (Wildman–Crippen MR) is 105 cm³/mol. The van der Waals surface area contributed by atoms with Crippen molar-refractivity contribution in [1.29, 1.82) is 0 Å². The molecular weight excluding hydrogens is 416 g/mol. The largest absolute Gasteiger partial charge is 0.325 e. The fourth-order valence-electron chi connectivity index (χ4n) is 3.02. The number of para-hydroxylation sites is 1. The summed E-state index contributed by atoms with van der Waals surface area (Å²) in [6.07, 6.45) is 1.03. The number of nitrogens with one attached hydrogen (secondary N) is 1. The van der Waals surface area contributed by atoms with Crippen LogP contribution in [0.15, 0.2) is 57.9 Å². The number of carbonyl (C=O) groups excluding carboxylic acids is 1. The molecule has 1 saturated heterocycles. The highest BCUT2D eigenvalue weighted by Crippen LogP contribution is 2.27. The summed E-state index contributed by atoms with van der Waals surface area (Å²) in [5.74, 6) is -0.254. The lowest BCUT2D eigenvalue weighted by Gasteiger charge is -2.30. The molecule has 5 nitrogen and oxygen atoms in total. The Morgan fingerprint density at radius 2 is 1.69 bits per heavy atom. The van der Waals surface area contributed by atoms with Crippen LogP contribution in [0.1, 0.15) is 18.4 Å². The molecule has 138 valence electrons. The van der Waals surface area contributed by atoms with E-state index in [0.29, 0.717) is 30.8 Å². The maximum absolute atomic E-state index is 12.7. The first-order valence-electron chi connectivity index (χ1n) is 8.50. The lowest BCUT2D eigenvalue weighted by Crippen LogP contribution is -2.41. The van der Waals surface area contributed by atoms with Crippen LogP contribution in [0.3, 0.4) is 0 Å². The van der Waals surface area contributed by atoms with Gasteiger partial charge in [0, 0.05) is 23.5 Å². The quantitative estimate of drug-likeness (QED) is 0.792. The third-order valence-corrected chi connectivity index (χ3v) is 7.22. The van der Waals surface area contributed by atoms with Crippen LogP contribution >= 0.6 is 15.9 Å². The average Bonchev–Trinajstić information content (AvgIpc) is 2.64. The van der Waals surface area contributed by atoms with Gasteiger partial charge in [0.2, 0.25) is 15.9 Å². The van der Waals surface area contributed by atoms with Gasteiger partial charge < -0.3 is 5.32 Å². The number of benzene rings is 2. The van der Waals surface area contributed by atoms with Gasteiger partial charge in [-0.1, -0.05) is 29.8 Å². The first-order valence-corrected chi connectivity index (χ1v) is 10.7. The minimum atomic E-state index is -3.50. The van der Waals surface area contributed by atoms with Gasteiger partial charge in [0.05, 0.1) is 10.6 Å². The van der Waals surface area contributed by atoms with Gasteiger partial charge in [-0.2, -0.15) is 4.31 Å². The number of nitrogens with zero attached hydrogens (tertiary/aromatic N) is 1. The highest BCUT2D eigenvalue weighted by Gasteiger charge is 2.32. The van der Waals surface area contributed by atoms with Crippen LogP contribution in [-0.2, 0) is 14.8 Å². The van der Waals surface area contributed by atoms with Crippen LogP contribution < -0.4 is 5.32 Å². The highest BCUT2D eigenvalue weighted by molar-refractivity contribution is 9.10. The van der Waals surface area contributed by atoms with Gasteiger partial charge in [-0.05, 0) is 60.0 Å². The third kappa shape index (κ3) is 4.16. The molecule has 0 unspecified atom stereocenters. The molecule has 0 atom stereocenters. The lowest BCUT2D eigenvalue weighted by atomic mass is 9.97. The molecule has 1 aliphatic heterocycles. The minimum Gasteiger partial charge on any atom is -0.325 e. The van der Waals surface area contributed by atoms with Crippen molar-refractivity contribution in [3.05, 3.63) is 58.6 Å². The zero-order chi connectivity index (χ0) is 18.7. The van der Waals surface area contributed by atoms with Gasteiger partial charge in [0.1, 0.15) is 0 Å². The second kappa shape index (κ2) is 7.90. The van der Waals surface area contributed by atoms with Crippen LogP contribution in [0.25, 0.3) is 0 Å². The average molecular weight is 437 g/mol. The molecule has 0 bridgehead atoms. The summed E-state index contributed by atoms with van der Waals surface area (Å²) >= 11 is 3.41. The Bertz CT molecular complexity index is 889. The molecule has 0 aliphatic carbocycles. The SMILES string of the molecule is Cc1ccc(S(=O)(=O)N2CCC(C(=O)Nc3ccccc3Br)CC2)cc1. The van der Waals surface area contributed by atoms with Gasteiger partial charge in [-0.3, -0.25) is 4.79 Å². The van der Waals surface area contributed by atoms with Gasteiger partial charge in [-0.15, -0.1) is 0 Å². The summed E-state index contributed by atoms with van der Waals surface area (Å²) < 4.78 is 27.8. The Morgan fingerprint density at radius 1 is 1.08 bits per heavy atom. The molecule has 3 rings (SSSR count). The predicted octanol–water partition coefficient (Wildman–Crippen LogP) is 3.80. The van der Waals surface area contributed by atoms with Crippen molar-refractivity contribution >= 4 is 37.5 Å². The summed E-state index contributed by atoms with van der Waals surface area (Å²) in [4.78, 5) is 12.8. The number of anilines is 1. The lowest BCUT2D eigenvalue weighted by molar-refractivity contribution is -0.120. The molecule has 2 aromatic carbocycles. The first kappa shape index (κ1) is 19.1. The highest BCUT2D eigenvalue weighted by atomic mass is 79.9. The van der Waals surface area contributed by atoms with E-state index in [1.807, 2.05) is 31.2 Å². The number of sulfonamides is 1. The molecule has 1 N–H and O–H groups in total. The molecule has 1 heterocycles. The smallest absolute Gasteiger partial charge is 0.243 e. The summed E-state index contributed by atoms with van der Waals surface area (Å²) in [5.41, 5.74) is 1.75. The van der Waals surface area contributed by atoms with Crippen molar-refractivity contribution in [2.75, 3.05) is 18.4 Å². The van der Waals surface area contributed by atoms with E-state index in [-0.39, 0.29) is 11.8 Å². The normalized spacial score (nSPS) is 16.4. The van der Waals surface area contributed by atoms with Crippen LogP contribution in [0.5, 0.6) is 0 Å². The van der Waals surface area contributed by atoms with Gasteiger partial charge >= 0.3 is 0 Å². The molecule has 0 spiro atoms. The molecule has 1 fully saturated rings. The van der Waals surface area contributed by atoms with Crippen LogP contribution in [0, 0.1) is 12.8 Å². The van der Waals surface area contributed by atoms with Gasteiger partial charge in [-0.25, -0.2) is 8.42 Å². The molecule has 26 heavy (non-hydrogen) atoms. The van der Waals surface area contributed by atoms with E-state index < -0.39 is 10.0 Å². The van der Waals surface area contributed by atoms with E-state index in [1.54, 1.807) is 24.3 Å². The standard InChI is InChI=1S/C19H21BrN2O3S/c1-14-6-8-16(9-7-14)26(24,25)22-12-10-15(11-13-22)19(23)21-18-5-3-2-4-17(18)20/h2-9,15H,10-13H2,1H3,(H,21,23). The van der Waals surface area contributed by atoms with Crippen molar-refractivity contribution in [3.8, 4) is 0 Å². The number of aryl methyl sites for hydroxylation is 1. The van der Waals surface area contributed by atoms with E-state index >= 15 is 0 Å². The number of halogens is 1. The van der Waals surface area contributed by atoms with E-state index in [2.05, 4.69) is 21.2 Å². The molecule has 1 amide bonds. The Kier molecular flexibility index (Phi) is 5.79. The van der Waals surface area contributed by atoms with Crippen molar-refractivity contribution in [3.63, 3.8) is 0 Å². The van der Waals surface area contributed by atoms with Gasteiger partial charge in [0.15, 0.2) is 0 Å². The number of rotatable bonds is 4. The number of carbonyl (C=O) groups is 1. The minimum absolute atomic E-state index is 0.0655. The molecule has 0 radical (unpaired) electrons. The summed E-state index contributed by atoms with van der Waals surface area (Å²) in [6, 6.07) is 14.3. The second-order valence-corrected chi connectivity index (χ2v) is 9.25. The van der Waals surface area contributed by atoms with Crippen molar-refractivity contribution < 1.29 is 13.2 Å². The molecule has 2 aromatic rings. The van der Waals surface area contributed by atoms with Crippen LogP contribution in [-0.4, -0.2) is 31.7 Å². The topological polar surface area (TPSA) is 66.5 Å². The molecule has 0 aromatic heterocycles. The van der Waals surface area contributed by atoms with Crippen molar-refractivity contribution in [2.45, 2.75) is 24.7 Å². The fourth-order valence-corrected chi connectivity index (χ4v) is 4.87. The second-order valence-electron chi connectivity index (χ2n) is 6.46. The zero-order valence-electron chi connectivity index (χ0n) is 14.5. The maximum Gasteiger partial charge on any atom is 0.243 e. The van der Waals surface area contributed by atoms with Crippen molar-refractivity contribution in [1.82, 2.24) is 4.31 Å². The third-order valence-electron chi connectivity index (χ3n) is 4.62. The van der Waals surface area contributed by atoms with Crippen LogP contribution in [0.2, 0.25) is 0 Å². The summed E-state index contributed by atoms with van der Waals surface area (Å²) in [7, 11) is -3.50. The van der Waals surface area contributed by atoms with Crippen molar-refractivity contribution in [2.24, 2.45) is 5.92 Å². The van der Waals surface area contributed by atoms with E-state index in [9.17, 15) is 13.2 Å². The first-order chi connectivity index (χ1) is 12.4. The van der Waals surface area contributed by atoms with E-state index in [0.717, 1.165) is 15.7 Å². The monoisotopic (exact) mass is 436 g/mol. The molecule has 7 heteroatoms. The number of amides is 1. The van der Waals surface area contributed by atoms with Gasteiger partial charge in [0.25, 0.3) is 0 Å². The maximum atomic E-state index is 12.7. The Morgan fingerprint density at radius 3 is 2.31 bits per heavy atom. The van der Waals surface area contributed by atoms with E-state index in [1.165, 1.54) is 4.31 Å². The summed E-state index contributed by atoms with van der Waals surface area (Å²) in [6.45, 7) is 2.63. The molecular formula is C19H21BrN2O3S. The zero-order valence-corrected chi connectivity index (χ0v) is 16.9. The fraction of sp³-hybridized carbons (Fsp3) is 0.316. The Labute approximate surface area is 162 Å². The number of hydrogen-bond acceptors (Lipinski definition) is 3. The summed E-state index contributed by atoms with van der Waals surface area (Å²) in [5, 5.41) is 2.92. The number of hydrogen-bond donors (Lipinski definition) is 1. The van der Waals surface area contributed by atoms with Crippen LogP contribution in [0.4, 0.5) is 5.69 Å². The number of piperidine rings is 1. The molecule has 0 saturated carbocycles. The Hall–Kier alpha value is -1.70.